The van der Waals surface area contributed by atoms with Crippen molar-refractivity contribution in [2.24, 2.45) is 66.2 Å². The van der Waals surface area contributed by atoms with Crippen LogP contribution in [0.3, 0.4) is 0 Å². The summed E-state index contributed by atoms with van der Waals surface area (Å²) in [5, 5.41) is 13.6. The highest BCUT2D eigenvalue weighted by Crippen LogP contribution is 2.29. The van der Waals surface area contributed by atoms with Crippen molar-refractivity contribution in [2.75, 3.05) is 65.4 Å². The number of carboxylic acids is 1. The first-order valence-electron chi connectivity index (χ1n) is 23.7. The summed E-state index contributed by atoms with van der Waals surface area (Å²) in [6, 6.07) is 0.205. The number of rotatable bonds is 36. The molecule has 0 aliphatic heterocycles. The quantitative estimate of drug-likeness (QED) is 0.0220. The summed E-state index contributed by atoms with van der Waals surface area (Å²) in [6.45, 7) is 7.99. The third-order valence-corrected chi connectivity index (χ3v) is 10.8. The van der Waals surface area contributed by atoms with Crippen LogP contribution in [0.25, 0.3) is 0 Å². The number of halogens is 3. The third kappa shape index (κ3) is 36.8. The lowest BCUT2D eigenvalue weighted by Gasteiger charge is -2.31. The van der Waals surface area contributed by atoms with Crippen LogP contribution in [0.1, 0.15) is 154 Å². The Morgan fingerprint density at radius 1 is 0.492 bits per heavy atom. The van der Waals surface area contributed by atoms with Crippen molar-refractivity contribution < 1.29 is 27.9 Å². The lowest BCUT2D eigenvalue weighted by molar-refractivity contribution is -0.192. The maximum Gasteiger partial charge on any atom is 0.490 e. The molecule has 0 spiro atoms. The molecule has 2 aliphatic rings. The summed E-state index contributed by atoms with van der Waals surface area (Å²) in [5.41, 5.74) is 33.9. The molecule has 0 aromatic heterocycles. The Balaban J connectivity index is 0.00000260. The van der Waals surface area contributed by atoms with Gasteiger partial charge in [0.05, 0.1) is 0 Å². The van der Waals surface area contributed by atoms with Gasteiger partial charge in [0, 0.05) is 65.4 Å². The Hall–Kier alpha value is -4.39. The van der Waals surface area contributed by atoms with Gasteiger partial charge < -0.3 is 59.9 Å². The van der Waals surface area contributed by atoms with Crippen LogP contribution >= 0.6 is 0 Å². The van der Waals surface area contributed by atoms with Gasteiger partial charge in [0.25, 0.3) is 0 Å². The van der Waals surface area contributed by atoms with Crippen molar-refractivity contribution in [3.8, 4) is 0 Å². The fraction of sp³-hybridized carbons (Fsp3) is 0.860. The van der Waals surface area contributed by atoms with Crippen LogP contribution in [-0.4, -0.2) is 122 Å². The molecule has 2 aliphatic carbocycles. The standard InChI is InChI=1S/C41H84N14O.C2HF3O2/c42-37(43)48-25-13-5-1-3-9-17-29-54(30-18-10-4-2-6-15-27-50-39(46)52-33-35-21-22-35)41(56)55(31-19-11-7-14-26-49-38(44)45)32-20-12-8-16-28-51-40(47)53-34-36-23-24-36;3-2(4,5)1(6)7/h35-36H,1-34H2,(H4,42,43,48)(H4,44,45,49)(H3,46,50,52)(H3,47,51,53);(H,6,7). The summed E-state index contributed by atoms with van der Waals surface area (Å²) in [4.78, 5) is 44.5. The number of nitrogens with zero attached hydrogens (tertiary/aromatic N) is 6. The Kier molecular flexibility index (Phi) is 32.4. The van der Waals surface area contributed by atoms with Crippen molar-refractivity contribution in [2.45, 2.75) is 160 Å². The molecule has 0 radical (unpaired) electrons. The molecule has 20 heteroatoms. The van der Waals surface area contributed by atoms with Crippen molar-refractivity contribution in [1.29, 1.82) is 0 Å². The number of hydrogen-bond donors (Lipinski definition) is 9. The van der Waals surface area contributed by atoms with Crippen molar-refractivity contribution in [3.63, 3.8) is 0 Å². The number of urea groups is 1. The van der Waals surface area contributed by atoms with Crippen LogP contribution in [0.15, 0.2) is 20.0 Å². The minimum absolute atomic E-state index is 0.147. The minimum atomic E-state index is -5.08. The topological polar surface area (TPSA) is 290 Å². The molecular weight excluding hydrogens is 818 g/mol. The number of guanidine groups is 4. The second kappa shape index (κ2) is 36.0. The van der Waals surface area contributed by atoms with Gasteiger partial charge in [-0.25, -0.2) is 9.59 Å². The average Bonchev–Trinajstić information content (AvgIpc) is 4.17. The Morgan fingerprint density at radius 2 is 0.778 bits per heavy atom. The van der Waals surface area contributed by atoms with Gasteiger partial charge in [0.2, 0.25) is 0 Å². The van der Waals surface area contributed by atoms with Gasteiger partial charge >= 0.3 is 18.2 Å². The highest BCUT2D eigenvalue weighted by atomic mass is 19.4. The fourth-order valence-corrected chi connectivity index (χ4v) is 6.63. The number of aliphatic imine (C=N–C) groups is 4. The van der Waals surface area contributed by atoms with Gasteiger partial charge in [-0.15, -0.1) is 0 Å². The van der Waals surface area contributed by atoms with Gasteiger partial charge in [0.1, 0.15) is 0 Å². The number of carboxylic acid groups (broad SMARTS) is 1. The monoisotopic (exact) mass is 903 g/mol. The SMILES string of the molecule is NC(N)=NCCCCCCCCN(CCCCCCCCNC(N)=NCC1CC1)C(=O)N(CCCCCCN=C(N)N)CCCCCCNC(N)=NCC1CC1.O=C(O)C(F)(F)F. The van der Waals surface area contributed by atoms with Gasteiger partial charge in [-0.1, -0.05) is 77.0 Å². The van der Waals surface area contributed by atoms with E-state index in [0.29, 0.717) is 25.0 Å². The van der Waals surface area contributed by atoms with E-state index in [1.54, 1.807) is 0 Å². The summed E-state index contributed by atoms with van der Waals surface area (Å²) in [5.74, 6) is 0.208. The molecule has 366 valence electrons. The number of hydrogen-bond acceptors (Lipinski definition) is 6. The smallest absolute Gasteiger partial charge is 0.475 e. The van der Waals surface area contributed by atoms with Crippen LogP contribution in [-0.2, 0) is 4.79 Å². The van der Waals surface area contributed by atoms with Crippen LogP contribution in [0.4, 0.5) is 18.0 Å². The molecule has 17 nitrogen and oxygen atoms in total. The Bertz CT molecular complexity index is 1320. The maximum atomic E-state index is 14.2. The molecule has 63 heavy (non-hydrogen) atoms. The molecule has 2 rings (SSSR count). The summed E-state index contributed by atoms with van der Waals surface area (Å²) in [6.07, 6.45) is 21.8. The first kappa shape index (κ1) is 56.6. The fourth-order valence-electron chi connectivity index (χ4n) is 6.63. The molecule has 0 aromatic rings. The second-order valence-corrected chi connectivity index (χ2v) is 16.9. The molecule has 0 saturated heterocycles. The summed E-state index contributed by atoms with van der Waals surface area (Å²) < 4.78 is 31.7. The first-order chi connectivity index (χ1) is 30.2. The third-order valence-electron chi connectivity index (χ3n) is 10.8. The number of nitrogens with one attached hydrogen (secondary N) is 2. The molecule has 0 aromatic carbocycles. The van der Waals surface area contributed by atoms with E-state index in [9.17, 15) is 18.0 Å². The lowest BCUT2D eigenvalue weighted by atomic mass is 10.1. The molecule has 0 heterocycles. The molecule has 2 amide bonds. The molecule has 0 bridgehead atoms. The number of alkyl halides is 3. The first-order valence-corrected chi connectivity index (χ1v) is 23.7. The van der Waals surface area contributed by atoms with E-state index < -0.39 is 12.1 Å². The molecule has 15 N–H and O–H groups in total. The van der Waals surface area contributed by atoms with Crippen LogP contribution < -0.4 is 45.0 Å². The highest BCUT2D eigenvalue weighted by molar-refractivity contribution is 5.78. The van der Waals surface area contributed by atoms with E-state index in [-0.39, 0.29) is 18.0 Å². The molecular formula is C43H85F3N14O3. The van der Waals surface area contributed by atoms with E-state index in [1.807, 2.05) is 0 Å². The maximum absolute atomic E-state index is 14.2. The zero-order valence-corrected chi connectivity index (χ0v) is 38.2. The van der Waals surface area contributed by atoms with Gasteiger partial charge in [-0.2, -0.15) is 13.2 Å². The molecule has 2 fully saturated rings. The van der Waals surface area contributed by atoms with E-state index in [2.05, 4.69) is 40.4 Å². The second-order valence-electron chi connectivity index (χ2n) is 16.9. The molecule has 0 atom stereocenters. The summed E-state index contributed by atoms with van der Waals surface area (Å²) >= 11 is 0. The van der Waals surface area contributed by atoms with Gasteiger partial charge in [-0.3, -0.25) is 20.0 Å². The minimum Gasteiger partial charge on any atom is -0.475 e. The van der Waals surface area contributed by atoms with E-state index in [1.165, 1.54) is 44.9 Å². The highest BCUT2D eigenvalue weighted by Gasteiger charge is 2.38. The predicted molar refractivity (Wildman–Crippen MR) is 250 cm³/mol. The Labute approximate surface area is 375 Å². The van der Waals surface area contributed by atoms with E-state index in [4.69, 9.17) is 44.3 Å². The van der Waals surface area contributed by atoms with Gasteiger partial charge in [-0.05, 0) is 88.9 Å². The van der Waals surface area contributed by atoms with Crippen molar-refractivity contribution >= 4 is 35.8 Å². The molecule has 0 unspecified atom stereocenters. The van der Waals surface area contributed by atoms with Crippen LogP contribution in [0, 0.1) is 11.8 Å². The zero-order valence-electron chi connectivity index (χ0n) is 38.2. The van der Waals surface area contributed by atoms with Crippen LogP contribution in [0.2, 0.25) is 0 Å². The van der Waals surface area contributed by atoms with Crippen LogP contribution in [0.5, 0.6) is 0 Å². The largest absolute Gasteiger partial charge is 0.490 e. The lowest BCUT2D eigenvalue weighted by Crippen LogP contribution is -2.45. The van der Waals surface area contributed by atoms with Crippen molar-refractivity contribution in [3.05, 3.63) is 0 Å². The number of unbranched alkanes of at least 4 members (excludes halogenated alkanes) is 16. The number of nitrogens with two attached hydrogens (primary N) is 6. The van der Waals surface area contributed by atoms with E-state index in [0.717, 1.165) is 173 Å². The molecule has 2 saturated carbocycles. The number of carbonyl (C=O) groups is 2. The average molecular weight is 903 g/mol. The van der Waals surface area contributed by atoms with E-state index >= 15 is 0 Å². The predicted octanol–water partition coefficient (Wildman–Crippen LogP) is 5.32. The number of carbonyl (C=O) groups excluding carboxylic acids is 1. The normalized spacial score (nSPS) is 14.0. The van der Waals surface area contributed by atoms with Gasteiger partial charge in [0.15, 0.2) is 23.8 Å². The number of aliphatic carboxylic acids is 1. The summed E-state index contributed by atoms with van der Waals surface area (Å²) in [7, 11) is 0. The Morgan fingerprint density at radius 3 is 1.06 bits per heavy atom. The van der Waals surface area contributed by atoms with Crippen molar-refractivity contribution in [1.82, 2.24) is 20.4 Å². The number of amides is 2. The zero-order chi connectivity index (χ0) is 46.6.